The standard InChI is InChI=1S/C15H18FN3/c1-15(2,11-6-4-3-5-7-11)14(19-17)12-8-9-18-10-13(12)16/h3-10,14,19H,17H2,1-2H3. The summed E-state index contributed by atoms with van der Waals surface area (Å²) in [4.78, 5) is 3.77. The number of aromatic nitrogens is 1. The SMILES string of the molecule is CC(C)(c1ccccc1)C(NN)c1ccncc1F. The van der Waals surface area contributed by atoms with Crippen LogP contribution < -0.4 is 11.3 Å². The third-order valence-corrected chi connectivity index (χ3v) is 3.52. The van der Waals surface area contributed by atoms with Gasteiger partial charge in [-0.25, -0.2) is 4.39 Å². The number of nitrogens with two attached hydrogens (primary N) is 1. The minimum absolute atomic E-state index is 0.335. The van der Waals surface area contributed by atoms with Crippen molar-refractivity contribution in [3.63, 3.8) is 0 Å². The molecule has 100 valence electrons. The highest BCUT2D eigenvalue weighted by Crippen LogP contribution is 2.36. The fourth-order valence-corrected chi connectivity index (χ4v) is 2.34. The summed E-state index contributed by atoms with van der Waals surface area (Å²) in [6, 6.07) is 11.2. The van der Waals surface area contributed by atoms with Crippen molar-refractivity contribution in [1.82, 2.24) is 10.4 Å². The van der Waals surface area contributed by atoms with E-state index in [-0.39, 0.29) is 17.3 Å². The minimum Gasteiger partial charge on any atom is -0.271 e. The van der Waals surface area contributed by atoms with E-state index in [1.807, 2.05) is 44.2 Å². The largest absolute Gasteiger partial charge is 0.271 e. The number of hydrogen-bond donors (Lipinski definition) is 2. The van der Waals surface area contributed by atoms with Crippen molar-refractivity contribution < 1.29 is 4.39 Å². The molecule has 0 radical (unpaired) electrons. The van der Waals surface area contributed by atoms with Gasteiger partial charge >= 0.3 is 0 Å². The molecule has 0 amide bonds. The summed E-state index contributed by atoms with van der Waals surface area (Å²) >= 11 is 0. The van der Waals surface area contributed by atoms with Gasteiger partial charge in [0.1, 0.15) is 5.82 Å². The lowest BCUT2D eigenvalue weighted by Crippen LogP contribution is -2.41. The zero-order chi connectivity index (χ0) is 13.9. The van der Waals surface area contributed by atoms with Crippen molar-refractivity contribution in [3.05, 3.63) is 65.7 Å². The Morgan fingerprint density at radius 3 is 2.47 bits per heavy atom. The van der Waals surface area contributed by atoms with Crippen LogP contribution in [0.4, 0.5) is 4.39 Å². The van der Waals surface area contributed by atoms with Crippen LogP contribution in [0.25, 0.3) is 0 Å². The Labute approximate surface area is 112 Å². The van der Waals surface area contributed by atoms with E-state index in [0.717, 1.165) is 5.56 Å². The van der Waals surface area contributed by atoms with Crippen LogP contribution in [-0.4, -0.2) is 4.98 Å². The molecule has 1 aromatic heterocycles. The van der Waals surface area contributed by atoms with E-state index in [0.29, 0.717) is 5.56 Å². The van der Waals surface area contributed by atoms with Crippen LogP contribution in [0.15, 0.2) is 48.8 Å². The van der Waals surface area contributed by atoms with Gasteiger partial charge in [-0.3, -0.25) is 16.3 Å². The molecule has 2 rings (SSSR count). The van der Waals surface area contributed by atoms with Gasteiger partial charge in [-0.2, -0.15) is 0 Å². The van der Waals surface area contributed by atoms with Crippen LogP contribution in [0.3, 0.4) is 0 Å². The number of halogens is 1. The summed E-state index contributed by atoms with van der Waals surface area (Å²) in [5.41, 5.74) is 3.99. The highest BCUT2D eigenvalue weighted by molar-refractivity contribution is 5.31. The van der Waals surface area contributed by atoms with E-state index >= 15 is 0 Å². The first-order chi connectivity index (χ1) is 9.07. The molecule has 1 heterocycles. The van der Waals surface area contributed by atoms with Gasteiger partial charge in [0.25, 0.3) is 0 Å². The van der Waals surface area contributed by atoms with Gasteiger partial charge in [-0.15, -0.1) is 0 Å². The van der Waals surface area contributed by atoms with Gasteiger partial charge < -0.3 is 0 Å². The van der Waals surface area contributed by atoms with Crippen LogP contribution in [0, 0.1) is 5.82 Å². The number of nitrogens with one attached hydrogen (secondary N) is 1. The lowest BCUT2D eigenvalue weighted by molar-refractivity contribution is 0.342. The Hall–Kier alpha value is -1.78. The van der Waals surface area contributed by atoms with E-state index in [1.165, 1.54) is 6.20 Å². The third kappa shape index (κ3) is 2.64. The molecule has 2 aromatic rings. The zero-order valence-electron chi connectivity index (χ0n) is 11.1. The maximum absolute atomic E-state index is 13.9. The summed E-state index contributed by atoms with van der Waals surface area (Å²) < 4.78 is 13.9. The number of hydrogen-bond acceptors (Lipinski definition) is 3. The van der Waals surface area contributed by atoms with Crippen LogP contribution >= 0.6 is 0 Å². The van der Waals surface area contributed by atoms with Gasteiger partial charge in [-0.1, -0.05) is 44.2 Å². The van der Waals surface area contributed by atoms with Gasteiger partial charge in [0.05, 0.1) is 12.2 Å². The van der Waals surface area contributed by atoms with E-state index in [1.54, 1.807) is 12.3 Å². The predicted octanol–water partition coefficient (Wildman–Crippen LogP) is 2.70. The molecule has 1 unspecified atom stereocenters. The molecule has 0 fully saturated rings. The Kier molecular flexibility index (Phi) is 3.93. The fraction of sp³-hybridized carbons (Fsp3) is 0.267. The van der Waals surface area contributed by atoms with Gasteiger partial charge in [0, 0.05) is 17.2 Å². The quantitative estimate of drug-likeness (QED) is 0.655. The predicted molar refractivity (Wildman–Crippen MR) is 73.7 cm³/mol. The van der Waals surface area contributed by atoms with Crippen LogP contribution in [0.2, 0.25) is 0 Å². The van der Waals surface area contributed by atoms with E-state index in [2.05, 4.69) is 10.4 Å². The van der Waals surface area contributed by atoms with Crippen molar-refractivity contribution in [2.75, 3.05) is 0 Å². The molecular formula is C15H18FN3. The Bertz CT molecular complexity index is 540. The Morgan fingerprint density at radius 2 is 1.89 bits per heavy atom. The molecule has 19 heavy (non-hydrogen) atoms. The molecular weight excluding hydrogens is 241 g/mol. The first kappa shape index (κ1) is 13.6. The van der Waals surface area contributed by atoms with E-state index < -0.39 is 0 Å². The lowest BCUT2D eigenvalue weighted by Gasteiger charge is -2.34. The Balaban J connectivity index is 2.45. The molecule has 1 atom stereocenters. The normalized spacial score (nSPS) is 13.3. The molecule has 0 aliphatic rings. The molecule has 3 N–H and O–H groups in total. The fourth-order valence-electron chi connectivity index (χ4n) is 2.34. The van der Waals surface area contributed by atoms with E-state index in [4.69, 9.17) is 5.84 Å². The number of hydrazine groups is 1. The summed E-state index contributed by atoms with van der Waals surface area (Å²) in [6.45, 7) is 4.07. The molecule has 1 aromatic carbocycles. The summed E-state index contributed by atoms with van der Waals surface area (Å²) in [5.74, 6) is 5.31. The maximum Gasteiger partial charge on any atom is 0.146 e. The third-order valence-electron chi connectivity index (χ3n) is 3.52. The molecule has 0 aliphatic heterocycles. The molecule has 0 spiro atoms. The van der Waals surface area contributed by atoms with Crippen molar-refractivity contribution in [2.45, 2.75) is 25.3 Å². The van der Waals surface area contributed by atoms with Crippen molar-refractivity contribution in [1.29, 1.82) is 0 Å². The summed E-state index contributed by atoms with van der Waals surface area (Å²) in [6.07, 6.45) is 2.78. The van der Waals surface area contributed by atoms with E-state index in [9.17, 15) is 4.39 Å². The average Bonchev–Trinajstić information content (AvgIpc) is 2.42. The van der Waals surface area contributed by atoms with Crippen LogP contribution in [0.5, 0.6) is 0 Å². The number of benzene rings is 1. The highest BCUT2D eigenvalue weighted by Gasteiger charge is 2.33. The minimum atomic E-state index is -0.352. The van der Waals surface area contributed by atoms with Gasteiger partial charge in [0.15, 0.2) is 0 Å². The lowest BCUT2D eigenvalue weighted by atomic mass is 9.75. The van der Waals surface area contributed by atoms with Crippen molar-refractivity contribution in [3.8, 4) is 0 Å². The van der Waals surface area contributed by atoms with Crippen molar-refractivity contribution >= 4 is 0 Å². The molecule has 0 aliphatic carbocycles. The second kappa shape index (κ2) is 5.47. The second-order valence-electron chi connectivity index (χ2n) is 5.08. The topological polar surface area (TPSA) is 50.9 Å². The molecule has 0 saturated carbocycles. The Morgan fingerprint density at radius 1 is 1.21 bits per heavy atom. The van der Waals surface area contributed by atoms with Crippen LogP contribution in [0.1, 0.15) is 31.0 Å². The van der Waals surface area contributed by atoms with Crippen molar-refractivity contribution in [2.24, 2.45) is 5.84 Å². The molecule has 0 bridgehead atoms. The number of nitrogens with zero attached hydrogens (tertiary/aromatic N) is 1. The number of rotatable bonds is 4. The molecule has 0 saturated heterocycles. The smallest absolute Gasteiger partial charge is 0.146 e. The van der Waals surface area contributed by atoms with Gasteiger partial charge in [0.2, 0.25) is 0 Å². The average molecular weight is 259 g/mol. The second-order valence-corrected chi connectivity index (χ2v) is 5.08. The van der Waals surface area contributed by atoms with Crippen LogP contribution in [-0.2, 0) is 5.41 Å². The zero-order valence-corrected chi connectivity index (χ0v) is 11.1. The molecule has 3 nitrogen and oxygen atoms in total. The molecule has 4 heteroatoms. The highest BCUT2D eigenvalue weighted by atomic mass is 19.1. The van der Waals surface area contributed by atoms with Gasteiger partial charge in [-0.05, 0) is 11.6 Å². The first-order valence-corrected chi connectivity index (χ1v) is 6.18. The first-order valence-electron chi connectivity index (χ1n) is 6.18. The maximum atomic E-state index is 13.9. The summed E-state index contributed by atoms with van der Waals surface area (Å²) in [5, 5.41) is 0. The monoisotopic (exact) mass is 259 g/mol. The summed E-state index contributed by atoms with van der Waals surface area (Å²) in [7, 11) is 0. The number of pyridine rings is 1.